The van der Waals surface area contributed by atoms with Gasteiger partial charge in [-0.1, -0.05) is 35.3 Å². The smallest absolute Gasteiger partial charge is 0.222 e. The summed E-state index contributed by atoms with van der Waals surface area (Å²) < 4.78 is 5.13. The molecular weight excluding hydrogens is 371 g/mol. The highest BCUT2D eigenvalue weighted by atomic mass is 35.5. The number of rotatable bonds is 6. The van der Waals surface area contributed by atoms with Crippen molar-refractivity contribution in [2.45, 2.75) is 38.6 Å². The van der Waals surface area contributed by atoms with Gasteiger partial charge in [-0.25, -0.2) is 0 Å². The molecule has 0 aliphatic carbocycles. The van der Waals surface area contributed by atoms with Crippen molar-refractivity contribution in [2.75, 3.05) is 39.9 Å². The van der Waals surface area contributed by atoms with E-state index in [1.807, 2.05) is 12.1 Å². The summed E-state index contributed by atoms with van der Waals surface area (Å²) in [6.07, 6.45) is 4.90. The molecule has 6 heteroatoms. The summed E-state index contributed by atoms with van der Waals surface area (Å²) in [5.74, 6) is 0.305. The van der Waals surface area contributed by atoms with Crippen molar-refractivity contribution in [3.63, 3.8) is 0 Å². The zero-order chi connectivity index (χ0) is 18.6. The Morgan fingerprint density at radius 2 is 1.96 bits per heavy atom. The van der Waals surface area contributed by atoms with Gasteiger partial charge in [0.25, 0.3) is 0 Å². The number of amides is 1. The monoisotopic (exact) mass is 398 g/mol. The van der Waals surface area contributed by atoms with E-state index < -0.39 is 0 Å². The molecule has 144 valence electrons. The maximum absolute atomic E-state index is 12.2. The Hall–Kier alpha value is -0.810. The number of carbonyl (C=O) groups is 1. The van der Waals surface area contributed by atoms with Gasteiger partial charge in [0.15, 0.2) is 0 Å². The lowest BCUT2D eigenvalue weighted by Gasteiger charge is -2.47. The molecule has 1 spiro atoms. The Morgan fingerprint density at radius 1 is 1.19 bits per heavy atom. The fourth-order valence-corrected chi connectivity index (χ4v) is 4.59. The molecule has 4 nitrogen and oxygen atoms in total. The third kappa shape index (κ3) is 4.72. The first kappa shape index (κ1) is 19.9. The number of halogens is 2. The normalized spacial score (nSPS) is 20.7. The average molecular weight is 399 g/mol. The molecule has 0 saturated carbocycles. The van der Waals surface area contributed by atoms with Crippen LogP contribution < -0.4 is 0 Å². The van der Waals surface area contributed by atoms with Crippen molar-refractivity contribution < 1.29 is 9.53 Å². The fourth-order valence-electron chi connectivity index (χ4n) is 4.21. The highest BCUT2D eigenvalue weighted by Gasteiger charge is 2.40. The number of hydrogen-bond donors (Lipinski definition) is 0. The fraction of sp³-hybridized carbons (Fsp3) is 0.650. The number of nitrogens with zero attached hydrogens (tertiary/aromatic N) is 2. The number of piperidine rings is 2. The van der Waals surface area contributed by atoms with Crippen molar-refractivity contribution in [1.82, 2.24) is 9.80 Å². The number of carbonyl (C=O) groups excluding carboxylic acids is 1. The molecule has 0 aromatic heterocycles. The van der Waals surface area contributed by atoms with Gasteiger partial charge in [-0.05, 0) is 55.8 Å². The second-order valence-corrected chi connectivity index (χ2v) is 8.44. The molecule has 2 saturated heterocycles. The van der Waals surface area contributed by atoms with Crippen LogP contribution in [-0.4, -0.2) is 55.6 Å². The van der Waals surface area contributed by atoms with Crippen LogP contribution in [0, 0.1) is 5.41 Å². The first-order chi connectivity index (χ1) is 12.5. The summed E-state index contributed by atoms with van der Waals surface area (Å²) in [7, 11) is 1.71. The van der Waals surface area contributed by atoms with Crippen molar-refractivity contribution in [3.05, 3.63) is 33.8 Å². The van der Waals surface area contributed by atoms with Crippen molar-refractivity contribution in [3.8, 4) is 0 Å². The Morgan fingerprint density at radius 3 is 2.69 bits per heavy atom. The molecule has 0 atom stereocenters. The largest absolute Gasteiger partial charge is 0.385 e. The molecule has 0 bridgehead atoms. The molecule has 2 heterocycles. The lowest BCUT2D eigenvalue weighted by atomic mass is 9.72. The Bertz CT molecular complexity index is 630. The second kappa shape index (κ2) is 8.92. The minimum absolute atomic E-state index is 0.287. The third-order valence-electron chi connectivity index (χ3n) is 5.87. The Kier molecular flexibility index (Phi) is 6.84. The minimum atomic E-state index is 0.287. The highest BCUT2D eigenvalue weighted by molar-refractivity contribution is 6.42. The summed E-state index contributed by atoms with van der Waals surface area (Å²) in [4.78, 5) is 16.8. The highest BCUT2D eigenvalue weighted by Crippen LogP contribution is 2.40. The van der Waals surface area contributed by atoms with E-state index >= 15 is 0 Å². The summed E-state index contributed by atoms with van der Waals surface area (Å²) in [5.41, 5.74) is 1.38. The number of benzene rings is 1. The van der Waals surface area contributed by atoms with E-state index in [0.29, 0.717) is 29.0 Å². The molecule has 0 N–H and O–H groups in total. The quantitative estimate of drug-likeness (QED) is 0.671. The molecular formula is C20H28Cl2N2O2. The van der Waals surface area contributed by atoms with Gasteiger partial charge >= 0.3 is 0 Å². The predicted octanol–water partition coefficient (Wildman–Crippen LogP) is 4.23. The molecule has 1 aromatic carbocycles. The second-order valence-electron chi connectivity index (χ2n) is 7.65. The van der Waals surface area contributed by atoms with E-state index in [0.717, 1.165) is 64.0 Å². The van der Waals surface area contributed by atoms with E-state index in [1.54, 1.807) is 7.11 Å². The van der Waals surface area contributed by atoms with E-state index in [4.69, 9.17) is 27.9 Å². The maximum atomic E-state index is 12.2. The van der Waals surface area contributed by atoms with Gasteiger partial charge < -0.3 is 9.64 Å². The Labute approximate surface area is 166 Å². The van der Waals surface area contributed by atoms with Crippen molar-refractivity contribution >= 4 is 29.1 Å². The Balaban J connectivity index is 1.55. The number of likely N-dealkylation sites (tertiary alicyclic amines) is 2. The van der Waals surface area contributed by atoms with Gasteiger partial charge in [-0.2, -0.15) is 0 Å². The van der Waals surface area contributed by atoms with Crippen molar-refractivity contribution in [2.24, 2.45) is 5.41 Å². The van der Waals surface area contributed by atoms with E-state index in [9.17, 15) is 4.79 Å². The summed E-state index contributed by atoms with van der Waals surface area (Å²) >= 11 is 12.5. The average Bonchev–Trinajstić information content (AvgIpc) is 2.64. The van der Waals surface area contributed by atoms with E-state index in [-0.39, 0.29) is 5.41 Å². The topological polar surface area (TPSA) is 32.8 Å². The summed E-state index contributed by atoms with van der Waals surface area (Å²) in [6.45, 7) is 5.36. The molecule has 1 aromatic rings. The zero-order valence-corrected chi connectivity index (χ0v) is 17.0. The molecule has 26 heavy (non-hydrogen) atoms. The van der Waals surface area contributed by atoms with Crippen LogP contribution in [-0.2, 0) is 16.1 Å². The van der Waals surface area contributed by atoms with Crippen molar-refractivity contribution in [1.29, 1.82) is 0 Å². The minimum Gasteiger partial charge on any atom is -0.385 e. The van der Waals surface area contributed by atoms with Gasteiger partial charge in [-0.15, -0.1) is 0 Å². The van der Waals surface area contributed by atoms with Gasteiger partial charge in [0, 0.05) is 39.8 Å². The molecule has 1 amide bonds. The van der Waals surface area contributed by atoms with E-state index in [2.05, 4.69) is 15.9 Å². The molecule has 0 radical (unpaired) electrons. The van der Waals surface area contributed by atoms with Crippen LogP contribution in [0.2, 0.25) is 10.0 Å². The van der Waals surface area contributed by atoms with Crippen LogP contribution in [0.1, 0.15) is 37.7 Å². The number of methoxy groups -OCH3 is 1. The first-order valence-corrected chi connectivity index (χ1v) is 10.2. The standard InChI is InChI=1S/C20H28Cl2N2O2/c1-26-13-3-10-24-15-20(7-6-18(24)25)8-11-23(12-9-20)14-16-4-2-5-17(21)19(16)22/h2,4-5H,3,6-15H2,1H3. The van der Waals surface area contributed by atoms with Crippen LogP contribution >= 0.6 is 23.2 Å². The summed E-state index contributed by atoms with van der Waals surface area (Å²) in [6, 6.07) is 5.84. The van der Waals surface area contributed by atoms with Gasteiger partial charge in [0.05, 0.1) is 10.0 Å². The molecule has 2 aliphatic rings. The van der Waals surface area contributed by atoms with Crippen LogP contribution in [0.15, 0.2) is 18.2 Å². The first-order valence-electron chi connectivity index (χ1n) is 9.45. The molecule has 2 aliphatic heterocycles. The van der Waals surface area contributed by atoms with Gasteiger partial charge in [0.2, 0.25) is 5.91 Å². The number of hydrogen-bond acceptors (Lipinski definition) is 3. The lowest BCUT2D eigenvalue weighted by molar-refractivity contribution is -0.139. The molecule has 2 fully saturated rings. The van der Waals surface area contributed by atoms with Crippen LogP contribution in [0.25, 0.3) is 0 Å². The van der Waals surface area contributed by atoms with Crippen LogP contribution in [0.4, 0.5) is 0 Å². The van der Waals surface area contributed by atoms with Gasteiger partial charge in [-0.3, -0.25) is 9.69 Å². The summed E-state index contributed by atoms with van der Waals surface area (Å²) in [5, 5.41) is 1.29. The van der Waals surface area contributed by atoms with E-state index in [1.165, 1.54) is 0 Å². The molecule has 3 rings (SSSR count). The maximum Gasteiger partial charge on any atom is 0.222 e. The van der Waals surface area contributed by atoms with Gasteiger partial charge in [0.1, 0.15) is 0 Å². The lowest BCUT2D eigenvalue weighted by Crippen LogP contribution is -2.51. The third-order valence-corrected chi connectivity index (χ3v) is 6.72. The zero-order valence-electron chi connectivity index (χ0n) is 15.5. The predicted molar refractivity (Wildman–Crippen MR) is 106 cm³/mol. The number of ether oxygens (including phenoxy) is 1. The SMILES string of the molecule is COCCCN1CC2(CCC1=O)CCN(Cc1cccc(Cl)c1Cl)CC2. The van der Waals surface area contributed by atoms with Crippen LogP contribution in [0.3, 0.4) is 0 Å². The van der Waals surface area contributed by atoms with Crippen LogP contribution in [0.5, 0.6) is 0 Å². The molecule has 0 unspecified atom stereocenters.